The lowest BCUT2D eigenvalue weighted by atomic mass is 10.0. The molecule has 6 nitrogen and oxygen atoms in total. The number of para-hydroxylation sites is 1. The van der Waals surface area contributed by atoms with Crippen LogP contribution >= 0.6 is 11.6 Å². The molecule has 5 rings (SSSR count). The average molecular weight is 414 g/mol. The van der Waals surface area contributed by atoms with Gasteiger partial charge >= 0.3 is 0 Å². The summed E-state index contributed by atoms with van der Waals surface area (Å²) in [5.74, 6) is 0.0458. The van der Waals surface area contributed by atoms with E-state index in [1.807, 2.05) is 36.4 Å². The fourth-order valence-electron chi connectivity index (χ4n) is 3.98. The lowest BCUT2D eigenvalue weighted by Crippen LogP contribution is -2.18. The number of nitrogens with one attached hydrogen (secondary N) is 1. The molecule has 0 saturated heterocycles. The van der Waals surface area contributed by atoms with Crippen LogP contribution in [-0.2, 0) is 12.8 Å². The summed E-state index contributed by atoms with van der Waals surface area (Å²) in [4.78, 5) is 18.2. The van der Waals surface area contributed by atoms with Crippen LogP contribution in [0.3, 0.4) is 0 Å². The molecule has 0 spiro atoms. The number of amides is 1. The molecule has 7 heteroatoms. The van der Waals surface area contributed by atoms with E-state index < -0.39 is 0 Å². The molecule has 0 bridgehead atoms. The molecule has 146 valence electrons. The molecule has 2 aromatic heterocycles. The molecule has 4 aromatic rings. The van der Waals surface area contributed by atoms with Gasteiger partial charge in [0.1, 0.15) is 11.6 Å². The number of nitrogens with zero attached hydrogens (tertiary/aromatic N) is 4. The number of pyridine rings is 1. The number of halogens is 1. The molecule has 0 saturated carbocycles. The van der Waals surface area contributed by atoms with Gasteiger partial charge in [-0.2, -0.15) is 10.4 Å². The van der Waals surface area contributed by atoms with Crippen LogP contribution in [0.1, 0.15) is 33.6 Å². The Kier molecular flexibility index (Phi) is 4.46. The van der Waals surface area contributed by atoms with Crippen molar-refractivity contribution in [1.82, 2.24) is 14.8 Å². The van der Waals surface area contributed by atoms with Gasteiger partial charge in [-0.15, -0.1) is 0 Å². The Morgan fingerprint density at radius 3 is 2.80 bits per heavy atom. The number of nitriles is 1. The molecule has 0 atom stereocenters. The number of aryl methyl sites for hydroxylation is 1. The average Bonchev–Trinajstić information content (AvgIpc) is 3.39. The number of hydrogen-bond acceptors (Lipinski definition) is 4. The molecule has 1 aliphatic rings. The van der Waals surface area contributed by atoms with Crippen LogP contribution in [-0.4, -0.2) is 20.7 Å². The maximum atomic E-state index is 13.5. The monoisotopic (exact) mass is 413 g/mol. The number of hydrogen-bond donors (Lipinski definition) is 1. The third-order valence-electron chi connectivity index (χ3n) is 5.32. The zero-order valence-corrected chi connectivity index (χ0v) is 16.6. The van der Waals surface area contributed by atoms with E-state index >= 15 is 0 Å². The molecular weight excluding hydrogens is 398 g/mol. The summed E-state index contributed by atoms with van der Waals surface area (Å²) in [7, 11) is 0. The topological polar surface area (TPSA) is 83.6 Å². The van der Waals surface area contributed by atoms with E-state index in [4.69, 9.17) is 16.6 Å². The predicted octanol–water partition coefficient (Wildman–Crippen LogP) is 4.69. The number of anilines is 1. The second-order valence-corrected chi connectivity index (χ2v) is 7.58. The van der Waals surface area contributed by atoms with E-state index in [0.29, 0.717) is 27.4 Å². The summed E-state index contributed by atoms with van der Waals surface area (Å²) in [6.07, 6.45) is 4.04. The smallest absolute Gasteiger partial charge is 0.257 e. The molecule has 2 aromatic carbocycles. The predicted molar refractivity (Wildman–Crippen MR) is 115 cm³/mol. The van der Waals surface area contributed by atoms with Gasteiger partial charge in [-0.1, -0.05) is 29.8 Å². The number of carbonyl (C=O) groups is 1. The molecule has 0 aliphatic heterocycles. The number of rotatable bonds is 3. The van der Waals surface area contributed by atoms with E-state index in [1.165, 1.54) is 6.20 Å². The van der Waals surface area contributed by atoms with Crippen molar-refractivity contribution in [1.29, 1.82) is 5.26 Å². The zero-order valence-electron chi connectivity index (χ0n) is 15.9. The first-order chi connectivity index (χ1) is 14.7. The maximum absolute atomic E-state index is 13.5. The van der Waals surface area contributed by atoms with Gasteiger partial charge in [0.15, 0.2) is 5.82 Å². The molecular formula is C23H16ClN5O. The van der Waals surface area contributed by atoms with Gasteiger partial charge in [0.2, 0.25) is 0 Å². The highest BCUT2D eigenvalue weighted by Crippen LogP contribution is 2.32. The van der Waals surface area contributed by atoms with Crippen molar-refractivity contribution in [3.8, 4) is 11.8 Å². The van der Waals surface area contributed by atoms with Crippen molar-refractivity contribution < 1.29 is 4.79 Å². The van der Waals surface area contributed by atoms with Crippen molar-refractivity contribution >= 4 is 34.2 Å². The van der Waals surface area contributed by atoms with Gasteiger partial charge in [0.25, 0.3) is 5.91 Å². The van der Waals surface area contributed by atoms with Crippen molar-refractivity contribution in [3.05, 3.63) is 82.1 Å². The number of benzene rings is 2. The summed E-state index contributed by atoms with van der Waals surface area (Å²) in [6.45, 7) is 0. The molecule has 30 heavy (non-hydrogen) atoms. The van der Waals surface area contributed by atoms with E-state index in [0.717, 1.165) is 41.7 Å². The lowest BCUT2D eigenvalue weighted by Gasteiger charge is -2.14. The Morgan fingerprint density at radius 2 is 2.00 bits per heavy atom. The zero-order chi connectivity index (χ0) is 20.7. The second-order valence-electron chi connectivity index (χ2n) is 7.15. The van der Waals surface area contributed by atoms with Gasteiger partial charge in [0, 0.05) is 16.1 Å². The van der Waals surface area contributed by atoms with Crippen molar-refractivity contribution in [2.24, 2.45) is 0 Å². The maximum Gasteiger partial charge on any atom is 0.257 e. The standard InChI is InChI=1S/C23H16ClN5O/c24-15-9-10-20-18(11-15)21(17-7-4-8-19(17)27-20)23(30)28-22-14(12-25)13-26-29(22)16-5-2-1-3-6-16/h1-3,5-6,9-11,13H,4,7-8H2,(H,28,30). The summed E-state index contributed by atoms with van der Waals surface area (Å²) >= 11 is 6.23. The Morgan fingerprint density at radius 1 is 1.17 bits per heavy atom. The highest BCUT2D eigenvalue weighted by Gasteiger charge is 2.25. The summed E-state index contributed by atoms with van der Waals surface area (Å²) in [5, 5.41) is 18.0. The molecule has 1 N–H and O–H groups in total. The van der Waals surface area contributed by atoms with Gasteiger partial charge in [-0.3, -0.25) is 9.78 Å². The largest absolute Gasteiger partial charge is 0.305 e. The van der Waals surface area contributed by atoms with Crippen LogP contribution in [0.4, 0.5) is 5.82 Å². The van der Waals surface area contributed by atoms with Crippen LogP contribution in [0.15, 0.2) is 54.7 Å². The molecule has 0 unspecified atom stereocenters. The van der Waals surface area contributed by atoms with Gasteiger partial charge < -0.3 is 5.32 Å². The van der Waals surface area contributed by atoms with Gasteiger partial charge in [-0.25, -0.2) is 4.68 Å². The molecule has 1 amide bonds. The molecule has 0 radical (unpaired) electrons. The van der Waals surface area contributed by atoms with Crippen molar-refractivity contribution in [2.75, 3.05) is 5.32 Å². The molecule has 1 aliphatic carbocycles. The van der Waals surface area contributed by atoms with Crippen LogP contribution in [0.5, 0.6) is 0 Å². The first-order valence-corrected chi connectivity index (χ1v) is 9.99. The van der Waals surface area contributed by atoms with Crippen LogP contribution in [0.2, 0.25) is 5.02 Å². The fourth-order valence-corrected chi connectivity index (χ4v) is 4.15. The molecule has 2 heterocycles. The second kappa shape index (κ2) is 7.29. The third kappa shape index (κ3) is 3.00. The van der Waals surface area contributed by atoms with E-state index in [9.17, 15) is 10.1 Å². The van der Waals surface area contributed by atoms with Crippen LogP contribution < -0.4 is 5.32 Å². The molecule has 0 fully saturated rings. The Hall–Kier alpha value is -3.69. The van der Waals surface area contributed by atoms with Crippen LogP contribution in [0, 0.1) is 11.3 Å². The Balaban J connectivity index is 1.65. The first-order valence-electron chi connectivity index (χ1n) is 9.61. The third-order valence-corrected chi connectivity index (χ3v) is 5.56. The lowest BCUT2D eigenvalue weighted by molar-refractivity contribution is 0.102. The van der Waals surface area contributed by atoms with Crippen molar-refractivity contribution in [2.45, 2.75) is 19.3 Å². The van der Waals surface area contributed by atoms with Crippen LogP contribution in [0.25, 0.3) is 16.6 Å². The number of aromatic nitrogens is 3. The summed E-state index contributed by atoms with van der Waals surface area (Å²) in [5.41, 5.74) is 4.25. The summed E-state index contributed by atoms with van der Waals surface area (Å²) in [6, 6.07) is 16.9. The van der Waals surface area contributed by atoms with Crippen molar-refractivity contribution in [3.63, 3.8) is 0 Å². The number of carbonyl (C=O) groups excluding carboxylic acids is 1. The highest BCUT2D eigenvalue weighted by molar-refractivity contribution is 6.31. The van der Waals surface area contributed by atoms with Gasteiger partial charge in [0.05, 0.1) is 23.0 Å². The summed E-state index contributed by atoms with van der Waals surface area (Å²) < 4.78 is 1.56. The Labute approximate surface area is 177 Å². The number of fused-ring (bicyclic) bond motifs is 2. The normalized spacial score (nSPS) is 12.5. The minimum Gasteiger partial charge on any atom is -0.305 e. The first kappa shape index (κ1) is 18.3. The minimum absolute atomic E-state index is 0.292. The fraction of sp³-hybridized carbons (Fsp3) is 0.130. The van der Waals surface area contributed by atoms with E-state index in [1.54, 1.807) is 16.8 Å². The minimum atomic E-state index is -0.294. The van der Waals surface area contributed by atoms with Gasteiger partial charge in [-0.05, 0) is 55.2 Å². The SMILES string of the molecule is N#Cc1cnn(-c2ccccc2)c1NC(=O)c1c2c(nc3ccc(Cl)cc13)CCC2. The Bertz CT molecular complexity index is 1340. The quantitative estimate of drug-likeness (QED) is 0.528. The van der Waals surface area contributed by atoms with E-state index in [2.05, 4.69) is 16.5 Å². The van der Waals surface area contributed by atoms with E-state index in [-0.39, 0.29) is 5.91 Å². The highest BCUT2D eigenvalue weighted by atomic mass is 35.5.